The van der Waals surface area contributed by atoms with Crippen molar-refractivity contribution in [3.05, 3.63) is 84.9 Å². The van der Waals surface area contributed by atoms with E-state index in [0.717, 1.165) is 11.5 Å². The van der Waals surface area contributed by atoms with Crippen LogP contribution in [-0.2, 0) is 20.2 Å². The second-order valence-corrected chi connectivity index (χ2v) is 11.3. The molecule has 0 fully saturated rings. The van der Waals surface area contributed by atoms with Crippen molar-refractivity contribution in [1.82, 2.24) is 0 Å². The second-order valence-electron chi connectivity index (χ2n) is 8.48. The van der Waals surface area contributed by atoms with Crippen molar-refractivity contribution >= 4 is 70.2 Å². The maximum Gasteiger partial charge on any atom is 0.296 e. The molecule has 194 valence electrons. The molecule has 7 N–H and O–H groups in total. The molecule has 12 heteroatoms. The Kier molecular flexibility index (Phi) is 6.12. The lowest BCUT2D eigenvalue weighted by Gasteiger charge is -2.21. The monoisotopic (exact) mass is 551 g/mol. The highest BCUT2D eigenvalue weighted by atomic mass is 32.2. The molecule has 5 rings (SSSR count). The Morgan fingerprint density at radius 3 is 2.03 bits per heavy atom. The first-order valence-corrected chi connectivity index (χ1v) is 14.0. The summed E-state index contributed by atoms with van der Waals surface area (Å²) in [5.41, 5.74) is 6.71. The van der Waals surface area contributed by atoms with Gasteiger partial charge in [0.25, 0.3) is 20.2 Å². The van der Waals surface area contributed by atoms with Crippen molar-refractivity contribution in [3.63, 3.8) is 0 Å². The molecule has 0 spiro atoms. The smallest absolute Gasteiger partial charge is 0.296 e. The summed E-state index contributed by atoms with van der Waals surface area (Å²) < 4.78 is 68.9. The summed E-state index contributed by atoms with van der Waals surface area (Å²) in [4.78, 5) is -1.61. The van der Waals surface area contributed by atoms with Gasteiger partial charge in [-0.15, -0.1) is 0 Å². The van der Waals surface area contributed by atoms with Gasteiger partial charge in [0.05, 0.1) is 33.3 Å². The minimum absolute atomic E-state index is 0.0960. The van der Waals surface area contributed by atoms with Gasteiger partial charge < -0.3 is 21.5 Å². The summed E-state index contributed by atoms with van der Waals surface area (Å²) in [6.45, 7) is 0. The minimum Gasteiger partial charge on any atom is -0.507 e. The summed E-state index contributed by atoms with van der Waals surface area (Å²) in [5.74, 6) is -0.0960. The molecule has 0 aliphatic rings. The highest BCUT2D eigenvalue weighted by molar-refractivity contribution is 7.86. The van der Waals surface area contributed by atoms with Gasteiger partial charge in [0.2, 0.25) is 0 Å². The third-order valence-corrected chi connectivity index (χ3v) is 7.72. The van der Waals surface area contributed by atoms with Gasteiger partial charge in [-0.3, -0.25) is 9.11 Å². The molecular weight excluding hydrogens is 530 g/mol. The summed E-state index contributed by atoms with van der Waals surface area (Å²) in [5, 5.41) is 18.8. The van der Waals surface area contributed by atoms with Crippen molar-refractivity contribution < 1.29 is 31.0 Å². The van der Waals surface area contributed by atoms with Crippen LogP contribution in [0.15, 0.2) is 94.7 Å². The summed E-state index contributed by atoms with van der Waals surface area (Å²) >= 11 is 0. The van der Waals surface area contributed by atoms with E-state index in [2.05, 4.69) is 10.6 Å². The molecule has 0 aliphatic carbocycles. The maximum absolute atomic E-state index is 12.5. The topological polar surface area (TPSA) is 179 Å². The van der Waals surface area contributed by atoms with Gasteiger partial charge in [0, 0.05) is 10.8 Å². The Morgan fingerprint density at radius 1 is 0.658 bits per heavy atom. The van der Waals surface area contributed by atoms with E-state index in [1.54, 1.807) is 54.6 Å². The van der Waals surface area contributed by atoms with Gasteiger partial charge >= 0.3 is 0 Å². The van der Waals surface area contributed by atoms with E-state index in [1.165, 1.54) is 6.07 Å². The lowest BCUT2D eigenvalue weighted by molar-refractivity contribution is 0.480. The van der Waals surface area contributed by atoms with Crippen LogP contribution in [0.25, 0.3) is 21.5 Å². The Bertz CT molecular complexity index is 1950. The molecule has 0 aliphatic heterocycles. The summed E-state index contributed by atoms with van der Waals surface area (Å²) in [6.07, 6.45) is 0. The predicted molar refractivity (Wildman–Crippen MR) is 147 cm³/mol. The molecule has 5 aromatic rings. The lowest BCUT2D eigenvalue weighted by Crippen LogP contribution is -2.10. The molecule has 0 bridgehead atoms. The standard InChI is InChI=1S/C26H21N3O7S2/c27-19-12-11-15-5-1-2-8-18(15)25(19)29-21-13-17(37(31,32)33)14-23(38(34,35)36)26(21)28-20-9-3-6-16-7-4-10-22(30)24(16)20/h1-14,28-30H,27H2,(H,31,32,33)(H,34,35,36). The molecule has 0 aromatic heterocycles. The highest BCUT2D eigenvalue weighted by Gasteiger charge is 2.26. The van der Waals surface area contributed by atoms with Gasteiger partial charge in [-0.1, -0.05) is 54.6 Å². The normalized spacial score (nSPS) is 12.1. The van der Waals surface area contributed by atoms with Crippen LogP contribution in [0.5, 0.6) is 5.75 Å². The average Bonchev–Trinajstić information content (AvgIpc) is 2.85. The Balaban J connectivity index is 1.81. The van der Waals surface area contributed by atoms with Crippen molar-refractivity contribution in [3.8, 4) is 5.75 Å². The van der Waals surface area contributed by atoms with Gasteiger partial charge in [0.15, 0.2) is 0 Å². The second kappa shape index (κ2) is 9.19. The number of fused-ring (bicyclic) bond motifs is 2. The first-order chi connectivity index (χ1) is 17.9. The van der Waals surface area contributed by atoms with Crippen molar-refractivity contribution in [1.29, 1.82) is 0 Å². The fourth-order valence-electron chi connectivity index (χ4n) is 4.29. The number of nitrogen functional groups attached to an aromatic ring is 1. The molecule has 0 saturated carbocycles. The van der Waals surface area contributed by atoms with Gasteiger partial charge in [-0.2, -0.15) is 16.8 Å². The molecule has 0 amide bonds. The number of benzene rings is 5. The maximum atomic E-state index is 12.5. The Morgan fingerprint density at radius 2 is 1.32 bits per heavy atom. The predicted octanol–water partition coefficient (Wildman–Crippen LogP) is 5.26. The molecule has 38 heavy (non-hydrogen) atoms. The number of phenols is 1. The molecular formula is C26H21N3O7S2. The van der Waals surface area contributed by atoms with E-state index in [4.69, 9.17) is 5.73 Å². The van der Waals surface area contributed by atoms with Crippen molar-refractivity contribution in [2.45, 2.75) is 9.79 Å². The van der Waals surface area contributed by atoms with Crippen LogP contribution in [0.4, 0.5) is 28.4 Å². The highest BCUT2D eigenvalue weighted by Crippen LogP contribution is 2.42. The molecule has 0 atom stereocenters. The Hall–Kier alpha value is -4.36. The molecule has 0 radical (unpaired) electrons. The number of rotatable bonds is 6. The first-order valence-electron chi connectivity index (χ1n) is 11.1. The van der Waals surface area contributed by atoms with Gasteiger partial charge in [-0.25, -0.2) is 0 Å². The Labute approximate surface area is 217 Å². The molecule has 10 nitrogen and oxygen atoms in total. The van der Waals surface area contributed by atoms with E-state index < -0.39 is 30.0 Å². The average molecular weight is 552 g/mol. The van der Waals surface area contributed by atoms with E-state index >= 15 is 0 Å². The molecule has 0 heterocycles. The van der Waals surface area contributed by atoms with Crippen LogP contribution < -0.4 is 16.4 Å². The first kappa shape index (κ1) is 25.3. The number of anilines is 5. The van der Waals surface area contributed by atoms with Crippen LogP contribution in [0.1, 0.15) is 0 Å². The zero-order valence-electron chi connectivity index (χ0n) is 19.5. The van der Waals surface area contributed by atoms with E-state index in [0.29, 0.717) is 27.9 Å². The number of aromatic hydroxyl groups is 1. The fraction of sp³-hybridized carbons (Fsp3) is 0. The van der Waals surface area contributed by atoms with Crippen LogP contribution in [-0.4, -0.2) is 31.0 Å². The van der Waals surface area contributed by atoms with Crippen LogP contribution >= 0.6 is 0 Å². The van der Waals surface area contributed by atoms with Gasteiger partial charge in [-0.05, 0) is 41.1 Å². The SMILES string of the molecule is Nc1ccc2ccccc2c1Nc1cc(S(=O)(=O)O)cc(S(=O)(=O)O)c1Nc1cccc2cccc(O)c12. The fourth-order valence-corrected chi connectivity index (χ4v) is 5.60. The lowest BCUT2D eigenvalue weighted by atomic mass is 10.1. The number of nitrogens with one attached hydrogen (secondary N) is 2. The summed E-state index contributed by atoms with van der Waals surface area (Å²) in [7, 11) is -9.94. The molecule has 5 aromatic carbocycles. The number of phenolic OH excluding ortho intramolecular Hbond substituents is 1. The van der Waals surface area contributed by atoms with Crippen LogP contribution in [0.3, 0.4) is 0 Å². The third-order valence-electron chi connectivity index (χ3n) is 6.01. The molecule has 0 saturated heterocycles. The molecule has 0 unspecified atom stereocenters. The van der Waals surface area contributed by atoms with E-state index in [-0.39, 0.29) is 28.5 Å². The van der Waals surface area contributed by atoms with E-state index in [1.807, 2.05) is 12.1 Å². The third kappa shape index (κ3) is 4.68. The largest absolute Gasteiger partial charge is 0.507 e. The van der Waals surface area contributed by atoms with E-state index in [9.17, 15) is 31.0 Å². The van der Waals surface area contributed by atoms with Gasteiger partial charge in [0.1, 0.15) is 10.6 Å². The number of nitrogens with two attached hydrogens (primary N) is 1. The zero-order valence-corrected chi connectivity index (χ0v) is 21.1. The number of hydrogen-bond donors (Lipinski definition) is 6. The zero-order chi connectivity index (χ0) is 27.2. The van der Waals surface area contributed by atoms with Crippen molar-refractivity contribution in [2.24, 2.45) is 0 Å². The number of hydrogen-bond acceptors (Lipinski definition) is 8. The van der Waals surface area contributed by atoms with Crippen molar-refractivity contribution in [2.75, 3.05) is 16.4 Å². The minimum atomic E-state index is -5.04. The summed E-state index contributed by atoms with van der Waals surface area (Å²) in [6, 6.07) is 22.0. The van der Waals surface area contributed by atoms with Crippen LogP contribution in [0, 0.1) is 0 Å². The quantitative estimate of drug-likeness (QED) is 0.120. The van der Waals surface area contributed by atoms with Crippen LogP contribution in [0.2, 0.25) is 0 Å².